The SMILES string of the molecule is CCc1c(C)sc(NC(=O)C=Cc2ccc(Cl)cc2Cl)c1C(N)=O. The molecule has 0 aliphatic carbocycles. The summed E-state index contributed by atoms with van der Waals surface area (Å²) >= 11 is 13.2. The Kier molecular flexibility index (Phi) is 6.04. The summed E-state index contributed by atoms with van der Waals surface area (Å²) < 4.78 is 0. The lowest BCUT2D eigenvalue weighted by Gasteiger charge is -2.03. The van der Waals surface area contributed by atoms with Crippen molar-refractivity contribution in [3.63, 3.8) is 0 Å². The van der Waals surface area contributed by atoms with Gasteiger partial charge in [0.2, 0.25) is 5.91 Å². The molecule has 7 heteroatoms. The summed E-state index contributed by atoms with van der Waals surface area (Å²) in [6.45, 7) is 3.84. The molecule has 0 aliphatic heterocycles. The molecule has 0 spiro atoms. The van der Waals surface area contributed by atoms with Crippen LogP contribution >= 0.6 is 34.5 Å². The maximum absolute atomic E-state index is 12.1. The van der Waals surface area contributed by atoms with Gasteiger partial charge < -0.3 is 11.1 Å². The van der Waals surface area contributed by atoms with Crippen molar-refractivity contribution in [2.24, 2.45) is 5.73 Å². The van der Waals surface area contributed by atoms with Crippen LogP contribution in [0.3, 0.4) is 0 Å². The van der Waals surface area contributed by atoms with Crippen LogP contribution in [0.4, 0.5) is 5.00 Å². The lowest BCUT2D eigenvalue weighted by atomic mass is 10.1. The van der Waals surface area contributed by atoms with Gasteiger partial charge in [0, 0.05) is 21.0 Å². The number of primary amides is 1. The minimum atomic E-state index is -0.545. The molecule has 0 radical (unpaired) electrons. The second kappa shape index (κ2) is 7.83. The molecule has 0 fully saturated rings. The van der Waals surface area contributed by atoms with Gasteiger partial charge in [0.1, 0.15) is 5.00 Å². The van der Waals surface area contributed by atoms with Gasteiger partial charge in [-0.1, -0.05) is 36.2 Å². The Hall–Kier alpha value is -1.82. The van der Waals surface area contributed by atoms with E-state index in [0.29, 0.717) is 32.6 Å². The number of aryl methyl sites for hydroxylation is 1. The van der Waals surface area contributed by atoms with Gasteiger partial charge in [-0.05, 0) is 42.7 Å². The van der Waals surface area contributed by atoms with Crippen molar-refractivity contribution in [2.45, 2.75) is 20.3 Å². The van der Waals surface area contributed by atoms with E-state index in [2.05, 4.69) is 5.32 Å². The Morgan fingerprint density at radius 2 is 2.04 bits per heavy atom. The first kappa shape index (κ1) is 18.5. The summed E-state index contributed by atoms with van der Waals surface area (Å²) in [6, 6.07) is 5.00. The van der Waals surface area contributed by atoms with Gasteiger partial charge in [-0.2, -0.15) is 0 Å². The van der Waals surface area contributed by atoms with E-state index in [0.717, 1.165) is 10.4 Å². The zero-order chi connectivity index (χ0) is 17.9. The number of hydrogen-bond donors (Lipinski definition) is 2. The van der Waals surface area contributed by atoms with Crippen LogP contribution < -0.4 is 11.1 Å². The second-order valence-electron chi connectivity index (χ2n) is 5.05. The van der Waals surface area contributed by atoms with Gasteiger partial charge in [-0.25, -0.2) is 0 Å². The maximum Gasteiger partial charge on any atom is 0.251 e. The minimum absolute atomic E-state index is 0.368. The number of halogens is 2. The number of amides is 2. The molecule has 1 heterocycles. The zero-order valence-electron chi connectivity index (χ0n) is 13.2. The van der Waals surface area contributed by atoms with Crippen LogP contribution in [0.5, 0.6) is 0 Å². The summed E-state index contributed by atoms with van der Waals surface area (Å²) in [5.41, 5.74) is 7.37. The van der Waals surface area contributed by atoms with Gasteiger partial charge in [-0.3, -0.25) is 9.59 Å². The standard InChI is InChI=1S/C17H16Cl2N2O2S/c1-3-12-9(2)24-17(15(12)16(20)23)21-14(22)7-5-10-4-6-11(18)8-13(10)19/h4-8H,3H2,1-2H3,(H2,20,23)(H,21,22). The first-order chi connectivity index (χ1) is 11.3. The highest BCUT2D eigenvalue weighted by atomic mass is 35.5. The van der Waals surface area contributed by atoms with Crippen molar-refractivity contribution >= 4 is 57.4 Å². The maximum atomic E-state index is 12.1. The van der Waals surface area contributed by atoms with Crippen LogP contribution in [0.2, 0.25) is 10.0 Å². The van der Waals surface area contributed by atoms with Gasteiger partial charge in [0.05, 0.1) is 5.56 Å². The highest BCUT2D eigenvalue weighted by molar-refractivity contribution is 7.16. The van der Waals surface area contributed by atoms with E-state index >= 15 is 0 Å². The second-order valence-corrected chi connectivity index (χ2v) is 7.12. The van der Waals surface area contributed by atoms with Gasteiger partial charge in [0.25, 0.3) is 5.91 Å². The Morgan fingerprint density at radius 3 is 2.62 bits per heavy atom. The third kappa shape index (κ3) is 4.17. The molecule has 24 heavy (non-hydrogen) atoms. The average molecular weight is 383 g/mol. The van der Waals surface area contributed by atoms with Gasteiger partial charge in [0.15, 0.2) is 0 Å². The van der Waals surface area contributed by atoms with Gasteiger partial charge in [-0.15, -0.1) is 11.3 Å². The van der Waals surface area contributed by atoms with E-state index in [4.69, 9.17) is 28.9 Å². The van der Waals surface area contributed by atoms with Crippen LogP contribution in [0, 0.1) is 6.92 Å². The first-order valence-corrected chi connectivity index (χ1v) is 8.76. The van der Waals surface area contributed by atoms with Crippen molar-refractivity contribution in [1.82, 2.24) is 0 Å². The third-order valence-electron chi connectivity index (χ3n) is 3.42. The summed E-state index contributed by atoms with van der Waals surface area (Å²) in [5.74, 6) is -0.913. The number of benzene rings is 1. The monoisotopic (exact) mass is 382 g/mol. The number of thiophene rings is 1. The molecule has 2 amide bonds. The number of rotatable bonds is 5. The number of anilines is 1. The molecular formula is C17H16Cl2N2O2S. The molecule has 1 aromatic carbocycles. The molecule has 0 bridgehead atoms. The first-order valence-electron chi connectivity index (χ1n) is 7.19. The highest BCUT2D eigenvalue weighted by Crippen LogP contribution is 2.33. The predicted octanol–water partition coefficient (Wildman–Crippen LogP) is 4.68. The molecule has 0 unspecified atom stereocenters. The topological polar surface area (TPSA) is 72.2 Å². The summed E-state index contributed by atoms with van der Waals surface area (Å²) in [6.07, 6.45) is 3.60. The quantitative estimate of drug-likeness (QED) is 0.736. The zero-order valence-corrected chi connectivity index (χ0v) is 15.5. The van der Waals surface area contributed by atoms with E-state index in [-0.39, 0.29) is 5.91 Å². The molecule has 0 saturated heterocycles. The Balaban J connectivity index is 2.21. The molecular weight excluding hydrogens is 367 g/mol. The van der Waals surface area contributed by atoms with Crippen LogP contribution in [-0.2, 0) is 11.2 Å². The molecule has 3 N–H and O–H groups in total. The third-order valence-corrected chi connectivity index (χ3v) is 5.05. The van der Waals surface area contributed by atoms with E-state index < -0.39 is 5.91 Å². The van der Waals surface area contributed by atoms with Gasteiger partial charge >= 0.3 is 0 Å². The fraction of sp³-hybridized carbons (Fsp3) is 0.176. The molecule has 0 aliphatic rings. The van der Waals surface area contributed by atoms with Crippen LogP contribution in [0.1, 0.15) is 33.3 Å². The fourth-order valence-electron chi connectivity index (χ4n) is 2.31. The Bertz CT molecular complexity index is 828. The molecule has 0 saturated carbocycles. The number of carbonyl (C=O) groups excluding carboxylic acids is 2. The normalized spacial score (nSPS) is 11.0. The van der Waals surface area contributed by atoms with Crippen molar-refractivity contribution in [3.05, 3.63) is 55.9 Å². The molecule has 4 nitrogen and oxygen atoms in total. The smallest absolute Gasteiger partial charge is 0.251 e. The number of nitrogens with one attached hydrogen (secondary N) is 1. The molecule has 126 valence electrons. The van der Waals surface area contributed by atoms with Crippen LogP contribution in [0.15, 0.2) is 24.3 Å². The minimum Gasteiger partial charge on any atom is -0.365 e. The highest BCUT2D eigenvalue weighted by Gasteiger charge is 2.19. The van der Waals surface area contributed by atoms with Crippen molar-refractivity contribution in [2.75, 3.05) is 5.32 Å². The predicted molar refractivity (Wildman–Crippen MR) is 101 cm³/mol. The largest absolute Gasteiger partial charge is 0.365 e. The lowest BCUT2D eigenvalue weighted by molar-refractivity contribution is -0.111. The summed E-state index contributed by atoms with van der Waals surface area (Å²) in [5, 5.41) is 4.15. The van der Waals surface area contributed by atoms with E-state index in [1.165, 1.54) is 17.4 Å². The fourth-order valence-corrected chi connectivity index (χ4v) is 3.93. The Labute approximate surface area is 154 Å². The van der Waals surface area contributed by atoms with Crippen molar-refractivity contribution < 1.29 is 9.59 Å². The molecule has 1 aromatic heterocycles. The van der Waals surface area contributed by atoms with E-state index in [1.54, 1.807) is 24.3 Å². The van der Waals surface area contributed by atoms with E-state index in [1.807, 2.05) is 13.8 Å². The number of nitrogens with two attached hydrogens (primary N) is 1. The Morgan fingerprint density at radius 1 is 1.33 bits per heavy atom. The lowest BCUT2D eigenvalue weighted by Crippen LogP contribution is -2.16. The van der Waals surface area contributed by atoms with Crippen LogP contribution in [-0.4, -0.2) is 11.8 Å². The average Bonchev–Trinajstić information content (AvgIpc) is 2.81. The summed E-state index contributed by atoms with van der Waals surface area (Å²) in [7, 11) is 0. The number of hydrogen-bond acceptors (Lipinski definition) is 3. The number of carbonyl (C=O) groups is 2. The van der Waals surface area contributed by atoms with Crippen molar-refractivity contribution in [1.29, 1.82) is 0 Å². The van der Waals surface area contributed by atoms with E-state index in [9.17, 15) is 9.59 Å². The summed E-state index contributed by atoms with van der Waals surface area (Å²) in [4.78, 5) is 24.8. The molecule has 2 rings (SSSR count). The van der Waals surface area contributed by atoms with Crippen LogP contribution in [0.25, 0.3) is 6.08 Å². The molecule has 0 atom stereocenters. The molecule has 2 aromatic rings. The van der Waals surface area contributed by atoms with Crippen molar-refractivity contribution in [3.8, 4) is 0 Å².